The zero-order chi connectivity index (χ0) is 19.6. The van der Waals surface area contributed by atoms with E-state index in [9.17, 15) is 14.4 Å². The van der Waals surface area contributed by atoms with Gasteiger partial charge in [-0.3, -0.25) is 9.59 Å². The summed E-state index contributed by atoms with van der Waals surface area (Å²) < 4.78 is 5.25. The second kappa shape index (κ2) is 7.83. The van der Waals surface area contributed by atoms with Crippen molar-refractivity contribution in [1.82, 2.24) is 0 Å². The van der Waals surface area contributed by atoms with Gasteiger partial charge in [-0.2, -0.15) is 0 Å². The third-order valence-corrected chi connectivity index (χ3v) is 5.48. The molecule has 1 heterocycles. The maximum absolute atomic E-state index is 12.5. The van der Waals surface area contributed by atoms with Gasteiger partial charge >= 0.3 is 5.97 Å². The Kier molecular flexibility index (Phi) is 5.97. The molecule has 0 saturated heterocycles. The highest BCUT2D eigenvalue weighted by Gasteiger charge is 2.23. The first-order valence-electron chi connectivity index (χ1n) is 8.27. The summed E-state index contributed by atoms with van der Waals surface area (Å²) in [6.45, 7) is 10.5. The monoisotopic (exact) mass is 373 g/mol. The van der Waals surface area contributed by atoms with Crippen LogP contribution in [-0.2, 0) is 9.53 Å². The Hall–Kier alpha value is -2.47. The molecule has 1 amide bonds. The quantitative estimate of drug-likeness (QED) is 0.627. The Morgan fingerprint density at radius 1 is 1.00 bits per heavy atom. The first-order valence-corrected chi connectivity index (χ1v) is 9.09. The van der Waals surface area contributed by atoms with Crippen LogP contribution in [0.25, 0.3) is 0 Å². The van der Waals surface area contributed by atoms with E-state index in [-0.39, 0.29) is 18.3 Å². The van der Waals surface area contributed by atoms with Crippen molar-refractivity contribution in [2.45, 2.75) is 41.5 Å². The molecule has 0 unspecified atom stereocenters. The van der Waals surface area contributed by atoms with Crippen molar-refractivity contribution in [3.05, 3.63) is 50.4 Å². The summed E-state index contributed by atoms with van der Waals surface area (Å²) >= 11 is 1.32. The molecule has 0 fully saturated rings. The lowest BCUT2D eigenvalue weighted by atomic mass is 9.98. The number of benzene rings is 1. The normalized spacial score (nSPS) is 10.5. The maximum atomic E-state index is 12.5. The van der Waals surface area contributed by atoms with Crippen LogP contribution in [-0.4, -0.2) is 24.3 Å². The van der Waals surface area contributed by atoms with E-state index in [4.69, 9.17) is 4.74 Å². The largest absolute Gasteiger partial charge is 0.454 e. The zero-order valence-electron chi connectivity index (χ0n) is 15.9. The molecule has 1 N–H and O–H groups in total. The van der Waals surface area contributed by atoms with E-state index in [1.165, 1.54) is 18.3 Å². The van der Waals surface area contributed by atoms with Crippen molar-refractivity contribution < 1.29 is 19.1 Å². The van der Waals surface area contributed by atoms with Gasteiger partial charge in [-0.15, -0.1) is 11.3 Å². The molecule has 0 radical (unpaired) electrons. The molecule has 0 aliphatic carbocycles. The summed E-state index contributed by atoms with van der Waals surface area (Å²) in [7, 11) is 0. The second-order valence-corrected chi connectivity index (χ2v) is 7.64. The Balaban J connectivity index is 2.18. The van der Waals surface area contributed by atoms with Gasteiger partial charge in [0.15, 0.2) is 6.61 Å². The molecule has 0 atom stereocenters. The van der Waals surface area contributed by atoms with Crippen molar-refractivity contribution >= 4 is 34.0 Å². The van der Waals surface area contributed by atoms with Crippen LogP contribution in [0.2, 0.25) is 0 Å². The minimum absolute atomic E-state index is 0.246. The number of thiophene rings is 1. The van der Waals surface area contributed by atoms with Gasteiger partial charge < -0.3 is 10.1 Å². The van der Waals surface area contributed by atoms with Gasteiger partial charge in [-0.05, 0) is 62.9 Å². The fraction of sp³-hybridized carbons (Fsp3) is 0.350. The van der Waals surface area contributed by atoms with Gasteiger partial charge in [0.25, 0.3) is 0 Å². The van der Waals surface area contributed by atoms with Gasteiger partial charge in [-0.1, -0.05) is 6.07 Å². The number of esters is 1. The Labute approximate surface area is 157 Å². The van der Waals surface area contributed by atoms with E-state index in [0.717, 1.165) is 27.1 Å². The molecule has 0 saturated carbocycles. The molecule has 1 aromatic carbocycles. The Morgan fingerprint density at radius 3 is 2.23 bits per heavy atom. The SMILES string of the molecule is CC(=O)Nc1sc(C)c(C)c1C(=O)OCC(=O)c1cc(C)c(C)cc1C. The lowest BCUT2D eigenvalue weighted by molar-refractivity contribution is -0.114. The lowest BCUT2D eigenvalue weighted by Gasteiger charge is -2.10. The van der Waals surface area contributed by atoms with Gasteiger partial charge in [0.05, 0.1) is 5.56 Å². The maximum Gasteiger partial charge on any atom is 0.341 e. The van der Waals surface area contributed by atoms with Crippen LogP contribution in [0.1, 0.15) is 54.8 Å². The summed E-state index contributed by atoms with van der Waals surface area (Å²) in [6.07, 6.45) is 0. The van der Waals surface area contributed by atoms with Crippen molar-refractivity contribution in [2.24, 2.45) is 0 Å². The van der Waals surface area contributed by atoms with E-state index in [0.29, 0.717) is 16.1 Å². The van der Waals surface area contributed by atoms with Crippen LogP contribution in [0, 0.1) is 34.6 Å². The molecule has 0 spiro atoms. The van der Waals surface area contributed by atoms with Gasteiger partial charge in [-0.25, -0.2) is 4.79 Å². The van der Waals surface area contributed by atoms with Gasteiger partial charge in [0.2, 0.25) is 11.7 Å². The van der Waals surface area contributed by atoms with E-state index in [1.807, 2.05) is 39.8 Å². The molecule has 0 aliphatic heterocycles. The van der Waals surface area contributed by atoms with Crippen molar-refractivity contribution in [1.29, 1.82) is 0 Å². The lowest BCUT2D eigenvalue weighted by Crippen LogP contribution is -2.17. The molecule has 0 aliphatic rings. The predicted octanol–water partition coefficient (Wildman–Crippen LogP) is 4.29. The average molecular weight is 373 g/mol. The molecular weight excluding hydrogens is 350 g/mol. The number of ketones is 1. The molecule has 2 rings (SSSR count). The molecule has 26 heavy (non-hydrogen) atoms. The number of Topliss-reactive ketones (excluding diaryl/α,β-unsaturated/α-hetero) is 1. The van der Waals surface area contributed by atoms with Gasteiger partial charge in [0.1, 0.15) is 5.00 Å². The number of anilines is 1. The van der Waals surface area contributed by atoms with Crippen LogP contribution in [0.3, 0.4) is 0 Å². The number of ether oxygens (including phenoxy) is 1. The first kappa shape index (κ1) is 19.8. The standard InChI is InChI=1S/C20H23NO4S/c1-10-7-12(3)16(8-11(10)2)17(23)9-25-20(24)18-13(4)14(5)26-19(18)21-15(6)22/h7-8H,9H2,1-6H3,(H,21,22). The zero-order valence-corrected chi connectivity index (χ0v) is 16.7. The van der Waals surface area contributed by atoms with Crippen molar-refractivity contribution in [3.8, 4) is 0 Å². The number of amides is 1. The predicted molar refractivity (Wildman–Crippen MR) is 103 cm³/mol. The molecule has 2 aromatic rings. The summed E-state index contributed by atoms with van der Waals surface area (Å²) in [5, 5.41) is 3.10. The number of hydrogen-bond acceptors (Lipinski definition) is 5. The summed E-state index contributed by atoms with van der Waals surface area (Å²) in [5.74, 6) is -1.11. The van der Waals surface area contributed by atoms with E-state index in [2.05, 4.69) is 5.32 Å². The molecular formula is C20H23NO4S. The molecule has 0 bridgehead atoms. The highest BCUT2D eigenvalue weighted by atomic mass is 32.1. The number of carbonyl (C=O) groups is 3. The summed E-state index contributed by atoms with van der Waals surface area (Å²) in [6, 6.07) is 3.77. The number of nitrogens with one attached hydrogen (secondary N) is 1. The smallest absolute Gasteiger partial charge is 0.341 e. The topological polar surface area (TPSA) is 72.5 Å². The van der Waals surface area contributed by atoms with E-state index < -0.39 is 5.97 Å². The molecule has 1 aromatic heterocycles. The van der Waals surface area contributed by atoms with Crippen LogP contribution < -0.4 is 5.32 Å². The number of carbonyl (C=O) groups excluding carboxylic acids is 3. The third-order valence-electron chi connectivity index (χ3n) is 4.35. The highest BCUT2D eigenvalue weighted by Crippen LogP contribution is 2.33. The van der Waals surface area contributed by atoms with Crippen LogP contribution >= 0.6 is 11.3 Å². The minimum Gasteiger partial charge on any atom is -0.454 e. The Bertz CT molecular complexity index is 896. The minimum atomic E-state index is -0.606. The van der Waals surface area contributed by atoms with Crippen LogP contribution in [0.4, 0.5) is 5.00 Å². The van der Waals surface area contributed by atoms with E-state index >= 15 is 0 Å². The third kappa shape index (κ3) is 4.19. The number of aryl methyl sites for hydroxylation is 4. The van der Waals surface area contributed by atoms with E-state index in [1.54, 1.807) is 6.92 Å². The van der Waals surface area contributed by atoms with Crippen molar-refractivity contribution in [3.63, 3.8) is 0 Å². The van der Waals surface area contributed by atoms with Crippen LogP contribution in [0.5, 0.6) is 0 Å². The summed E-state index contributed by atoms with van der Waals surface area (Å²) in [5.41, 5.74) is 4.60. The average Bonchev–Trinajstić information content (AvgIpc) is 2.81. The van der Waals surface area contributed by atoms with Crippen molar-refractivity contribution in [2.75, 3.05) is 11.9 Å². The second-order valence-electron chi connectivity index (χ2n) is 6.42. The van der Waals surface area contributed by atoms with Crippen LogP contribution in [0.15, 0.2) is 12.1 Å². The first-order chi connectivity index (χ1) is 12.1. The fourth-order valence-corrected chi connectivity index (χ4v) is 3.76. The molecule has 138 valence electrons. The fourth-order valence-electron chi connectivity index (χ4n) is 2.66. The summed E-state index contributed by atoms with van der Waals surface area (Å²) in [4.78, 5) is 37.2. The Morgan fingerprint density at radius 2 is 1.62 bits per heavy atom. The number of rotatable bonds is 5. The molecule has 5 nitrogen and oxygen atoms in total. The van der Waals surface area contributed by atoms with Gasteiger partial charge in [0, 0.05) is 17.4 Å². The number of hydrogen-bond donors (Lipinski definition) is 1. The molecule has 6 heteroatoms. The highest BCUT2D eigenvalue weighted by molar-refractivity contribution is 7.16.